The second kappa shape index (κ2) is 47.1. The third kappa shape index (κ3) is 44.5. The molecule has 6 heteroatoms. The summed E-state index contributed by atoms with van der Waals surface area (Å²) >= 11 is 0. The van der Waals surface area contributed by atoms with Gasteiger partial charge in [-0.2, -0.15) is 0 Å². The van der Waals surface area contributed by atoms with E-state index in [1.807, 2.05) is 0 Å². The maximum atomic E-state index is 12.7. The number of unbranched alkanes of at least 4 members (excludes halogenated alkanes) is 25. The molecule has 1 unspecified atom stereocenters. The van der Waals surface area contributed by atoms with Gasteiger partial charge in [-0.3, -0.25) is 14.4 Å². The lowest BCUT2D eigenvalue weighted by Crippen LogP contribution is -2.30. The first-order chi connectivity index (χ1) is 28.5. The molecule has 1 atom stereocenters. The van der Waals surface area contributed by atoms with Crippen LogP contribution in [0.5, 0.6) is 0 Å². The summed E-state index contributed by atoms with van der Waals surface area (Å²) in [6, 6.07) is 0. The van der Waals surface area contributed by atoms with Crippen molar-refractivity contribution < 1.29 is 28.6 Å². The van der Waals surface area contributed by atoms with Crippen LogP contribution >= 0.6 is 0 Å². The average molecular weight is 813 g/mol. The summed E-state index contributed by atoms with van der Waals surface area (Å²) in [5.74, 6) is -0.911. The summed E-state index contributed by atoms with van der Waals surface area (Å²) in [5.41, 5.74) is 0. The van der Waals surface area contributed by atoms with Crippen LogP contribution in [-0.2, 0) is 28.6 Å². The predicted octanol–water partition coefficient (Wildman–Crippen LogP) is 15.9. The Hall–Kier alpha value is -2.63. The average Bonchev–Trinajstić information content (AvgIpc) is 3.22. The summed E-state index contributed by atoms with van der Waals surface area (Å²) < 4.78 is 16.7. The fraction of sp³-hybridized carbons (Fsp3) is 0.788. The molecule has 0 fully saturated rings. The van der Waals surface area contributed by atoms with Crippen molar-refractivity contribution in [1.82, 2.24) is 0 Å². The molecule has 58 heavy (non-hydrogen) atoms. The molecule has 0 aliphatic heterocycles. The van der Waals surface area contributed by atoms with Gasteiger partial charge in [-0.15, -0.1) is 0 Å². The van der Waals surface area contributed by atoms with E-state index >= 15 is 0 Å². The van der Waals surface area contributed by atoms with Gasteiger partial charge in [-0.1, -0.05) is 204 Å². The second-order valence-electron chi connectivity index (χ2n) is 16.3. The van der Waals surface area contributed by atoms with E-state index < -0.39 is 6.10 Å². The molecule has 0 aromatic rings. The van der Waals surface area contributed by atoms with Crippen LogP contribution in [0.3, 0.4) is 0 Å². The third-order valence-corrected chi connectivity index (χ3v) is 10.6. The Bertz CT molecular complexity index is 1030. The largest absolute Gasteiger partial charge is 0.462 e. The fourth-order valence-electron chi connectivity index (χ4n) is 6.85. The summed E-state index contributed by atoms with van der Waals surface area (Å²) in [7, 11) is 0. The van der Waals surface area contributed by atoms with Crippen LogP contribution < -0.4 is 0 Å². The maximum Gasteiger partial charge on any atom is 0.306 e. The Kier molecular flexibility index (Phi) is 44.9. The van der Waals surface area contributed by atoms with E-state index in [1.165, 1.54) is 109 Å². The molecule has 0 aromatic heterocycles. The number of esters is 3. The van der Waals surface area contributed by atoms with Crippen molar-refractivity contribution in [2.75, 3.05) is 13.2 Å². The first kappa shape index (κ1) is 55.4. The molecule has 336 valence electrons. The van der Waals surface area contributed by atoms with Gasteiger partial charge in [-0.25, -0.2) is 0 Å². The van der Waals surface area contributed by atoms with Gasteiger partial charge in [0.15, 0.2) is 6.10 Å². The molecule has 0 heterocycles. The zero-order valence-corrected chi connectivity index (χ0v) is 38.3. The van der Waals surface area contributed by atoms with Gasteiger partial charge in [-0.05, 0) is 70.6 Å². The molecule has 0 spiro atoms. The highest BCUT2D eigenvalue weighted by Gasteiger charge is 2.19. The lowest BCUT2D eigenvalue weighted by atomic mass is 10.0. The van der Waals surface area contributed by atoms with E-state index in [2.05, 4.69) is 69.4 Å². The lowest BCUT2D eigenvalue weighted by Gasteiger charge is -2.18. The molecule has 0 aliphatic rings. The van der Waals surface area contributed by atoms with Crippen LogP contribution in [-0.4, -0.2) is 37.2 Å². The SMILES string of the molecule is CC/C=C\C/C=C\C/C=C\CCCCCCC(=O)OC(COC(=O)CCCCCCC/C=C\CCCC)COC(=O)CCCCCCCCCCCCCCCCC. The summed E-state index contributed by atoms with van der Waals surface area (Å²) in [5, 5.41) is 0. The highest BCUT2D eigenvalue weighted by atomic mass is 16.6. The van der Waals surface area contributed by atoms with Gasteiger partial charge in [0.05, 0.1) is 0 Å². The summed E-state index contributed by atoms with van der Waals surface area (Å²) in [6.45, 7) is 6.47. The number of carbonyl (C=O) groups excluding carboxylic acids is 3. The van der Waals surface area contributed by atoms with E-state index in [9.17, 15) is 14.4 Å². The molecule has 0 rings (SSSR count). The smallest absolute Gasteiger partial charge is 0.306 e. The molecule has 0 radical (unpaired) electrons. The van der Waals surface area contributed by atoms with E-state index in [0.717, 1.165) is 96.3 Å². The van der Waals surface area contributed by atoms with Crippen molar-refractivity contribution >= 4 is 17.9 Å². The minimum atomic E-state index is -0.784. The Morgan fingerprint density at radius 3 is 1.12 bits per heavy atom. The fourth-order valence-corrected chi connectivity index (χ4v) is 6.85. The Balaban J connectivity index is 4.39. The number of carbonyl (C=O) groups is 3. The van der Waals surface area contributed by atoms with Gasteiger partial charge in [0.2, 0.25) is 0 Å². The zero-order valence-electron chi connectivity index (χ0n) is 38.3. The molecule has 0 saturated heterocycles. The van der Waals surface area contributed by atoms with Crippen LogP contribution in [0.1, 0.15) is 245 Å². The van der Waals surface area contributed by atoms with E-state index in [0.29, 0.717) is 19.3 Å². The molecule has 6 nitrogen and oxygen atoms in total. The topological polar surface area (TPSA) is 78.9 Å². The molecular weight excluding hydrogens is 721 g/mol. The monoisotopic (exact) mass is 813 g/mol. The van der Waals surface area contributed by atoms with Crippen molar-refractivity contribution in [3.05, 3.63) is 48.6 Å². The Morgan fingerprint density at radius 1 is 0.362 bits per heavy atom. The van der Waals surface area contributed by atoms with Gasteiger partial charge in [0.1, 0.15) is 13.2 Å². The lowest BCUT2D eigenvalue weighted by molar-refractivity contribution is -0.167. The van der Waals surface area contributed by atoms with Crippen molar-refractivity contribution in [2.24, 2.45) is 0 Å². The van der Waals surface area contributed by atoms with Crippen molar-refractivity contribution in [2.45, 2.75) is 252 Å². The normalized spacial score (nSPS) is 12.4. The standard InChI is InChI=1S/C52H92O6/c1-4-7-10-13-16-19-22-24-26-28-30-33-36-39-42-45-51(54)57-48-49(47-56-50(53)44-41-38-35-32-29-21-18-15-12-9-6-3)58-52(55)46-43-40-37-34-31-27-25-23-20-17-14-11-8-5-2/h8,11,15,17-18,20,25,27,49H,4-7,9-10,12-14,16,19,21-24,26,28-48H2,1-3H3/b11-8-,18-15-,20-17-,27-25-. The molecule has 0 N–H and O–H groups in total. The zero-order chi connectivity index (χ0) is 42.3. The van der Waals surface area contributed by atoms with E-state index in [1.54, 1.807) is 0 Å². The number of allylic oxidation sites excluding steroid dienone is 8. The molecule has 0 bridgehead atoms. The van der Waals surface area contributed by atoms with E-state index in [-0.39, 0.29) is 31.1 Å². The summed E-state index contributed by atoms with van der Waals surface area (Å²) in [6.07, 6.45) is 55.2. The van der Waals surface area contributed by atoms with Gasteiger partial charge >= 0.3 is 17.9 Å². The Labute approximate surface area is 358 Å². The van der Waals surface area contributed by atoms with Gasteiger partial charge in [0.25, 0.3) is 0 Å². The number of rotatable bonds is 44. The highest BCUT2D eigenvalue weighted by molar-refractivity contribution is 5.71. The molecule has 0 aliphatic carbocycles. The third-order valence-electron chi connectivity index (χ3n) is 10.6. The first-order valence-electron chi connectivity index (χ1n) is 24.6. The van der Waals surface area contributed by atoms with Crippen LogP contribution in [0.25, 0.3) is 0 Å². The van der Waals surface area contributed by atoms with Crippen molar-refractivity contribution in [3.63, 3.8) is 0 Å². The maximum absolute atomic E-state index is 12.7. The van der Waals surface area contributed by atoms with Gasteiger partial charge in [0, 0.05) is 19.3 Å². The van der Waals surface area contributed by atoms with Crippen LogP contribution in [0.2, 0.25) is 0 Å². The first-order valence-corrected chi connectivity index (χ1v) is 24.6. The van der Waals surface area contributed by atoms with Crippen LogP contribution in [0.15, 0.2) is 48.6 Å². The minimum absolute atomic E-state index is 0.0829. The number of hydrogen-bond acceptors (Lipinski definition) is 6. The molecule has 0 aromatic carbocycles. The quantitative estimate of drug-likeness (QED) is 0.0264. The van der Waals surface area contributed by atoms with Crippen molar-refractivity contribution in [3.8, 4) is 0 Å². The number of hydrogen-bond donors (Lipinski definition) is 0. The Morgan fingerprint density at radius 2 is 0.690 bits per heavy atom. The highest BCUT2D eigenvalue weighted by Crippen LogP contribution is 2.15. The second-order valence-corrected chi connectivity index (χ2v) is 16.3. The summed E-state index contributed by atoms with van der Waals surface area (Å²) in [4.78, 5) is 37.8. The van der Waals surface area contributed by atoms with Crippen LogP contribution in [0.4, 0.5) is 0 Å². The van der Waals surface area contributed by atoms with Gasteiger partial charge < -0.3 is 14.2 Å². The minimum Gasteiger partial charge on any atom is -0.462 e. The molecular formula is C52H92O6. The van der Waals surface area contributed by atoms with E-state index in [4.69, 9.17) is 14.2 Å². The molecule has 0 amide bonds. The van der Waals surface area contributed by atoms with Crippen molar-refractivity contribution in [1.29, 1.82) is 0 Å². The molecule has 0 saturated carbocycles. The number of ether oxygens (including phenoxy) is 3. The van der Waals surface area contributed by atoms with Crippen LogP contribution in [0, 0.1) is 0 Å². The predicted molar refractivity (Wildman–Crippen MR) is 247 cm³/mol.